The van der Waals surface area contributed by atoms with Crippen LogP contribution in [0.25, 0.3) is 0 Å². The van der Waals surface area contributed by atoms with Gasteiger partial charge in [0, 0.05) is 0 Å². The zero-order chi connectivity index (χ0) is 11.8. The fraction of sp³-hybridized carbons (Fsp3) is 1.00. The predicted octanol–water partition coefficient (Wildman–Crippen LogP) is 6.13. The molecule has 0 aromatic heterocycles. The second-order valence-corrected chi connectivity index (χ2v) is 12.5. The van der Waals surface area contributed by atoms with Crippen LogP contribution in [-0.4, -0.2) is 0 Å². The second kappa shape index (κ2) is 8.68. The summed E-state index contributed by atoms with van der Waals surface area (Å²) in [5, 5.41) is 0. The molecule has 0 amide bonds. The molecule has 1 heteroatoms. The minimum atomic E-state index is -0.224. The van der Waals surface area contributed by atoms with Gasteiger partial charge in [0.1, 0.15) is 0 Å². The Labute approximate surface area is 116 Å². The van der Waals surface area contributed by atoms with Gasteiger partial charge in [-0.3, -0.25) is 0 Å². The summed E-state index contributed by atoms with van der Waals surface area (Å²) in [6.45, 7) is 0. The molecule has 0 radical (unpaired) electrons. The molecule has 0 aromatic carbocycles. The van der Waals surface area contributed by atoms with Gasteiger partial charge in [-0.05, 0) is 0 Å². The van der Waals surface area contributed by atoms with E-state index in [-0.39, 0.29) is 17.1 Å². The fourth-order valence-electron chi connectivity index (χ4n) is 4.02. The molecule has 0 unspecified atom stereocenters. The Morgan fingerprint density at radius 3 is 1.06 bits per heavy atom. The summed E-state index contributed by atoms with van der Waals surface area (Å²) in [5.74, 6) is 0. The number of hydrogen-bond donors (Lipinski definition) is 0. The van der Waals surface area contributed by atoms with Crippen LogP contribution in [0.2, 0.25) is 9.02 Å². The second-order valence-electron chi connectivity index (χ2n) is 6.66. The van der Waals surface area contributed by atoms with E-state index in [4.69, 9.17) is 0 Å². The van der Waals surface area contributed by atoms with E-state index >= 15 is 0 Å². The topological polar surface area (TPSA) is 0 Å². The van der Waals surface area contributed by atoms with Crippen LogP contribution in [0.1, 0.15) is 89.9 Å². The van der Waals surface area contributed by atoms with E-state index in [0.29, 0.717) is 0 Å². The van der Waals surface area contributed by atoms with E-state index in [0.717, 1.165) is 0 Å². The van der Waals surface area contributed by atoms with Crippen LogP contribution in [-0.2, 0) is 17.1 Å². The number of hydrogen-bond acceptors (Lipinski definition) is 0. The maximum absolute atomic E-state index is 1.64. The molecule has 0 saturated heterocycles. The van der Waals surface area contributed by atoms with Crippen LogP contribution < -0.4 is 0 Å². The first-order chi connectivity index (χ1) is 8.45. The van der Waals surface area contributed by atoms with E-state index < -0.39 is 0 Å². The summed E-state index contributed by atoms with van der Waals surface area (Å²) in [6, 6.07) is 0. The zero-order valence-corrected chi connectivity index (χ0v) is 14.7. The van der Waals surface area contributed by atoms with Crippen molar-refractivity contribution >= 4 is 0 Å². The van der Waals surface area contributed by atoms with Gasteiger partial charge < -0.3 is 0 Å². The molecular formula is C16H30Zn. The Bertz CT molecular complexity index is 154. The average Bonchev–Trinajstić information content (AvgIpc) is 2.24. The van der Waals surface area contributed by atoms with E-state index in [1.165, 1.54) is 21.9 Å². The van der Waals surface area contributed by atoms with E-state index in [1.807, 2.05) is 0 Å². The van der Waals surface area contributed by atoms with Crippen molar-refractivity contribution in [3.63, 3.8) is 0 Å². The van der Waals surface area contributed by atoms with Gasteiger partial charge in [-0.15, -0.1) is 0 Å². The van der Waals surface area contributed by atoms with E-state index in [9.17, 15) is 0 Å². The Kier molecular flexibility index (Phi) is 7.17. The normalized spacial score (nSPS) is 26.4. The summed E-state index contributed by atoms with van der Waals surface area (Å²) in [5.41, 5.74) is 0. The maximum atomic E-state index is 1.64. The van der Waals surface area contributed by atoms with Crippen molar-refractivity contribution in [2.24, 2.45) is 0 Å². The third kappa shape index (κ3) is 5.86. The van der Waals surface area contributed by atoms with Crippen molar-refractivity contribution in [2.45, 2.75) is 98.9 Å². The molecule has 17 heavy (non-hydrogen) atoms. The fourth-order valence-corrected chi connectivity index (χ4v) is 10.4. The van der Waals surface area contributed by atoms with Gasteiger partial charge in [-0.2, -0.15) is 0 Å². The zero-order valence-electron chi connectivity index (χ0n) is 11.8. The first kappa shape index (κ1) is 14.0. The van der Waals surface area contributed by atoms with Crippen LogP contribution in [0, 0.1) is 0 Å². The first-order valence-electron chi connectivity index (χ1n) is 8.45. The molecule has 0 bridgehead atoms. The Morgan fingerprint density at radius 1 is 0.412 bits per heavy atom. The molecule has 0 spiro atoms. The molecule has 2 fully saturated rings. The van der Waals surface area contributed by atoms with Gasteiger partial charge in [0.25, 0.3) is 0 Å². The third-order valence-electron chi connectivity index (χ3n) is 5.12. The monoisotopic (exact) mass is 286 g/mol. The predicted molar refractivity (Wildman–Crippen MR) is 72.1 cm³/mol. The van der Waals surface area contributed by atoms with Gasteiger partial charge in [-0.25, -0.2) is 0 Å². The summed E-state index contributed by atoms with van der Waals surface area (Å²) < 4.78 is 2.57. The molecule has 2 aliphatic rings. The number of rotatable bonds is 2. The standard InChI is InChI=1S/2C8H15.Zn/c2*1-2-4-6-8-7-5-3-1;/h2*1H,2-8H2;. The van der Waals surface area contributed by atoms with Crippen molar-refractivity contribution in [1.82, 2.24) is 0 Å². The Morgan fingerprint density at radius 2 is 0.706 bits per heavy atom. The quantitative estimate of drug-likeness (QED) is 0.536. The Balaban J connectivity index is 1.72. The van der Waals surface area contributed by atoms with Gasteiger partial charge in [-0.1, -0.05) is 0 Å². The van der Waals surface area contributed by atoms with Crippen LogP contribution in [0.5, 0.6) is 0 Å². The molecule has 96 valence electrons. The van der Waals surface area contributed by atoms with Crippen molar-refractivity contribution < 1.29 is 17.1 Å². The molecule has 0 aromatic rings. The van der Waals surface area contributed by atoms with E-state index in [1.54, 1.807) is 77.0 Å². The molecule has 0 aliphatic heterocycles. The molecule has 0 N–H and O–H groups in total. The van der Waals surface area contributed by atoms with Gasteiger partial charge in [0.15, 0.2) is 0 Å². The van der Waals surface area contributed by atoms with Crippen molar-refractivity contribution in [3.8, 4) is 0 Å². The summed E-state index contributed by atoms with van der Waals surface area (Å²) in [6.07, 6.45) is 22.1. The van der Waals surface area contributed by atoms with Gasteiger partial charge in [0.05, 0.1) is 0 Å². The molecule has 0 heterocycles. The van der Waals surface area contributed by atoms with Gasteiger partial charge in [0.2, 0.25) is 0 Å². The van der Waals surface area contributed by atoms with Crippen LogP contribution in [0.4, 0.5) is 0 Å². The van der Waals surface area contributed by atoms with Crippen molar-refractivity contribution in [3.05, 3.63) is 0 Å². The van der Waals surface area contributed by atoms with Crippen LogP contribution in [0.15, 0.2) is 0 Å². The van der Waals surface area contributed by atoms with Crippen LogP contribution in [0.3, 0.4) is 0 Å². The molecule has 2 saturated carbocycles. The van der Waals surface area contributed by atoms with Crippen molar-refractivity contribution in [2.75, 3.05) is 0 Å². The van der Waals surface area contributed by atoms with Crippen molar-refractivity contribution in [1.29, 1.82) is 0 Å². The third-order valence-corrected chi connectivity index (χ3v) is 11.3. The molecule has 0 atom stereocenters. The molecular weight excluding hydrogens is 258 g/mol. The average molecular weight is 288 g/mol. The minimum absolute atomic E-state index is 0.224. The first-order valence-corrected chi connectivity index (χ1v) is 11.9. The Hall–Kier alpha value is 0.623. The van der Waals surface area contributed by atoms with Crippen LogP contribution >= 0.6 is 0 Å². The summed E-state index contributed by atoms with van der Waals surface area (Å²) in [7, 11) is 0. The van der Waals surface area contributed by atoms with Gasteiger partial charge >= 0.3 is 116 Å². The molecule has 2 aliphatic carbocycles. The summed E-state index contributed by atoms with van der Waals surface area (Å²) >= 11 is -0.224. The molecule has 0 nitrogen and oxygen atoms in total. The summed E-state index contributed by atoms with van der Waals surface area (Å²) in [4.78, 5) is 0. The SMILES string of the molecule is C1CCC[CH]([Zn][CH]2CCCCCCC2)CCC1. The molecule has 2 rings (SSSR count). The van der Waals surface area contributed by atoms with E-state index in [2.05, 4.69) is 0 Å².